The summed E-state index contributed by atoms with van der Waals surface area (Å²) in [7, 11) is 0. The van der Waals surface area contributed by atoms with Crippen molar-refractivity contribution in [3.63, 3.8) is 0 Å². The van der Waals surface area contributed by atoms with Gasteiger partial charge in [-0.05, 0) is 22.4 Å². The number of furan rings is 1. The maximum absolute atomic E-state index is 10.8. The van der Waals surface area contributed by atoms with E-state index in [1.807, 2.05) is 18.2 Å². The molecule has 0 fully saturated rings. The highest BCUT2D eigenvalue weighted by Gasteiger charge is 2.08. The van der Waals surface area contributed by atoms with Crippen LogP contribution in [0.25, 0.3) is 10.8 Å². The number of carboxylic acid groups (broad SMARTS) is 1. The maximum atomic E-state index is 10.8. The van der Waals surface area contributed by atoms with Crippen LogP contribution in [0.4, 0.5) is 0 Å². The van der Waals surface area contributed by atoms with E-state index in [4.69, 9.17) is 9.52 Å². The Hall–Kier alpha value is -2.59. The van der Waals surface area contributed by atoms with Gasteiger partial charge in [-0.25, -0.2) is 4.79 Å². The SMILES string of the molecule is O=C(O)c1coc(CNCc2cccc3ccccc23)c1. The van der Waals surface area contributed by atoms with Crippen molar-refractivity contribution in [2.24, 2.45) is 0 Å². The van der Waals surface area contributed by atoms with Gasteiger partial charge in [0.15, 0.2) is 0 Å². The largest absolute Gasteiger partial charge is 0.478 e. The van der Waals surface area contributed by atoms with Crippen LogP contribution >= 0.6 is 0 Å². The molecule has 3 aromatic rings. The molecule has 0 aliphatic rings. The number of rotatable bonds is 5. The molecule has 3 rings (SSSR count). The van der Waals surface area contributed by atoms with Crippen LogP contribution < -0.4 is 5.32 Å². The molecule has 21 heavy (non-hydrogen) atoms. The molecule has 0 saturated heterocycles. The van der Waals surface area contributed by atoms with Gasteiger partial charge in [-0.1, -0.05) is 42.5 Å². The van der Waals surface area contributed by atoms with Crippen LogP contribution in [0.3, 0.4) is 0 Å². The second-order valence-corrected chi connectivity index (χ2v) is 4.85. The minimum absolute atomic E-state index is 0.178. The van der Waals surface area contributed by atoms with Crippen molar-refractivity contribution in [2.75, 3.05) is 0 Å². The molecule has 0 spiro atoms. The Morgan fingerprint density at radius 2 is 1.90 bits per heavy atom. The van der Waals surface area contributed by atoms with Crippen molar-refractivity contribution in [1.29, 1.82) is 0 Å². The molecule has 0 aliphatic heterocycles. The first-order valence-corrected chi connectivity index (χ1v) is 6.72. The van der Waals surface area contributed by atoms with Crippen LogP contribution in [-0.2, 0) is 13.1 Å². The van der Waals surface area contributed by atoms with Crippen molar-refractivity contribution in [3.05, 3.63) is 71.7 Å². The van der Waals surface area contributed by atoms with E-state index in [-0.39, 0.29) is 5.56 Å². The van der Waals surface area contributed by atoms with Gasteiger partial charge in [0.2, 0.25) is 0 Å². The van der Waals surface area contributed by atoms with Crippen LogP contribution in [0.2, 0.25) is 0 Å². The molecular weight excluding hydrogens is 266 g/mol. The van der Waals surface area contributed by atoms with Gasteiger partial charge in [0.25, 0.3) is 0 Å². The zero-order chi connectivity index (χ0) is 14.7. The average molecular weight is 281 g/mol. The van der Waals surface area contributed by atoms with Crippen LogP contribution in [-0.4, -0.2) is 11.1 Å². The molecule has 106 valence electrons. The molecule has 1 heterocycles. The summed E-state index contributed by atoms with van der Waals surface area (Å²) in [6.07, 6.45) is 1.26. The third-order valence-electron chi connectivity index (χ3n) is 3.40. The summed E-state index contributed by atoms with van der Waals surface area (Å²) in [5.41, 5.74) is 1.38. The zero-order valence-electron chi connectivity index (χ0n) is 11.4. The topological polar surface area (TPSA) is 62.5 Å². The van der Waals surface area contributed by atoms with Gasteiger partial charge < -0.3 is 14.8 Å². The first-order valence-electron chi connectivity index (χ1n) is 6.72. The van der Waals surface area contributed by atoms with E-state index in [0.29, 0.717) is 18.8 Å². The van der Waals surface area contributed by atoms with Gasteiger partial charge in [-0.3, -0.25) is 0 Å². The Bertz CT molecular complexity index is 771. The van der Waals surface area contributed by atoms with Gasteiger partial charge >= 0.3 is 5.97 Å². The Morgan fingerprint density at radius 3 is 2.71 bits per heavy atom. The standard InChI is InChI=1S/C17H15NO3/c19-17(20)14-8-15(21-11-14)10-18-9-13-6-3-5-12-4-1-2-7-16(12)13/h1-8,11,18H,9-10H2,(H,19,20). The fourth-order valence-electron chi connectivity index (χ4n) is 2.35. The lowest BCUT2D eigenvalue weighted by Gasteiger charge is -2.07. The number of fused-ring (bicyclic) bond motifs is 1. The Balaban J connectivity index is 1.68. The molecule has 0 aliphatic carbocycles. The number of carbonyl (C=O) groups is 1. The first-order chi connectivity index (χ1) is 10.2. The molecule has 0 saturated carbocycles. The van der Waals surface area contributed by atoms with Crippen LogP contribution in [0.15, 0.2) is 59.2 Å². The normalized spacial score (nSPS) is 10.9. The van der Waals surface area contributed by atoms with Gasteiger partial charge in [-0.15, -0.1) is 0 Å². The highest BCUT2D eigenvalue weighted by atomic mass is 16.4. The molecule has 2 aromatic carbocycles. The summed E-state index contributed by atoms with van der Waals surface area (Å²) in [5, 5.41) is 14.5. The van der Waals surface area contributed by atoms with Crippen molar-refractivity contribution in [3.8, 4) is 0 Å². The predicted molar refractivity (Wildman–Crippen MR) is 80.2 cm³/mol. The van der Waals surface area contributed by atoms with Crippen molar-refractivity contribution < 1.29 is 14.3 Å². The van der Waals surface area contributed by atoms with Crippen molar-refractivity contribution in [2.45, 2.75) is 13.1 Å². The summed E-state index contributed by atoms with van der Waals surface area (Å²) < 4.78 is 5.21. The molecule has 4 heteroatoms. The minimum atomic E-state index is -0.973. The first kappa shape index (κ1) is 13.4. The van der Waals surface area contributed by atoms with Crippen LogP contribution in [0, 0.1) is 0 Å². The molecule has 0 radical (unpaired) electrons. The lowest BCUT2D eigenvalue weighted by Crippen LogP contribution is -2.12. The number of benzene rings is 2. The smallest absolute Gasteiger partial charge is 0.338 e. The summed E-state index contributed by atoms with van der Waals surface area (Å²) >= 11 is 0. The number of hydrogen-bond acceptors (Lipinski definition) is 3. The Morgan fingerprint density at radius 1 is 1.10 bits per heavy atom. The summed E-state index contributed by atoms with van der Waals surface area (Å²) in [6.45, 7) is 1.20. The van der Waals surface area contributed by atoms with Crippen molar-refractivity contribution in [1.82, 2.24) is 5.32 Å². The van der Waals surface area contributed by atoms with E-state index in [1.165, 1.54) is 22.6 Å². The van der Waals surface area contributed by atoms with Gasteiger partial charge in [-0.2, -0.15) is 0 Å². The second-order valence-electron chi connectivity index (χ2n) is 4.85. The second kappa shape index (κ2) is 5.81. The third kappa shape index (κ3) is 2.95. The lowest BCUT2D eigenvalue weighted by molar-refractivity contribution is 0.0696. The molecule has 0 atom stereocenters. The lowest BCUT2D eigenvalue weighted by atomic mass is 10.0. The minimum Gasteiger partial charge on any atom is -0.478 e. The van der Waals surface area contributed by atoms with Crippen LogP contribution in [0.5, 0.6) is 0 Å². The summed E-state index contributed by atoms with van der Waals surface area (Å²) in [4.78, 5) is 10.8. The molecule has 2 N–H and O–H groups in total. The predicted octanol–water partition coefficient (Wildman–Crippen LogP) is 3.42. The van der Waals surface area contributed by atoms with E-state index in [1.54, 1.807) is 6.07 Å². The number of nitrogens with one attached hydrogen (secondary N) is 1. The zero-order valence-corrected chi connectivity index (χ0v) is 11.4. The maximum Gasteiger partial charge on any atom is 0.338 e. The third-order valence-corrected chi connectivity index (χ3v) is 3.40. The van der Waals surface area contributed by atoms with Gasteiger partial charge in [0.1, 0.15) is 12.0 Å². The van der Waals surface area contributed by atoms with E-state index in [9.17, 15) is 4.79 Å². The highest BCUT2D eigenvalue weighted by Crippen LogP contribution is 2.18. The molecule has 0 bridgehead atoms. The van der Waals surface area contributed by atoms with E-state index >= 15 is 0 Å². The molecule has 0 unspecified atom stereocenters. The molecule has 4 nitrogen and oxygen atoms in total. The van der Waals surface area contributed by atoms with E-state index in [0.717, 1.165) is 0 Å². The molecule has 0 amide bonds. The monoisotopic (exact) mass is 281 g/mol. The van der Waals surface area contributed by atoms with E-state index < -0.39 is 5.97 Å². The number of carboxylic acids is 1. The average Bonchev–Trinajstić information content (AvgIpc) is 2.97. The van der Waals surface area contributed by atoms with Gasteiger partial charge in [0.05, 0.1) is 12.1 Å². The van der Waals surface area contributed by atoms with Crippen molar-refractivity contribution >= 4 is 16.7 Å². The Labute approximate surface area is 122 Å². The fraction of sp³-hybridized carbons (Fsp3) is 0.118. The highest BCUT2D eigenvalue weighted by molar-refractivity contribution is 5.87. The molecular formula is C17H15NO3. The van der Waals surface area contributed by atoms with E-state index in [2.05, 4.69) is 29.6 Å². The Kier molecular flexibility index (Phi) is 3.71. The summed E-state index contributed by atoms with van der Waals surface area (Å²) in [5.74, 6) is -0.355. The van der Waals surface area contributed by atoms with Crippen LogP contribution in [0.1, 0.15) is 21.7 Å². The fourth-order valence-corrected chi connectivity index (χ4v) is 2.35. The summed E-state index contributed by atoms with van der Waals surface area (Å²) in [6, 6.07) is 16.0. The number of hydrogen-bond donors (Lipinski definition) is 2. The van der Waals surface area contributed by atoms with Gasteiger partial charge in [0, 0.05) is 6.54 Å². The number of aromatic carboxylic acids is 1. The molecule has 1 aromatic heterocycles. The quantitative estimate of drug-likeness (QED) is 0.752.